The highest BCUT2D eigenvalue weighted by Crippen LogP contribution is 2.13. The summed E-state index contributed by atoms with van der Waals surface area (Å²) in [6.07, 6.45) is 1.04. The molecule has 0 aromatic heterocycles. The molecule has 2 N–H and O–H groups in total. The first-order chi connectivity index (χ1) is 13.4. The minimum absolute atomic E-state index is 0.0665. The van der Waals surface area contributed by atoms with Gasteiger partial charge in [0.1, 0.15) is 0 Å². The van der Waals surface area contributed by atoms with Crippen molar-refractivity contribution in [1.29, 1.82) is 0 Å². The van der Waals surface area contributed by atoms with Crippen LogP contribution in [0.25, 0.3) is 0 Å². The van der Waals surface area contributed by atoms with E-state index in [2.05, 4.69) is 15.4 Å². The third kappa shape index (κ3) is 6.42. The third-order valence-corrected chi connectivity index (χ3v) is 4.10. The summed E-state index contributed by atoms with van der Waals surface area (Å²) >= 11 is 0. The number of anilines is 2. The summed E-state index contributed by atoms with van der Waals surface area (Å²) in [6.45, 7) is 0.0842. The van der Waals surface area contributed by atoms with Gasteiger partial charge in [-0.1, -0.05) is 12.1 Å². The number of methoxy groups -OCH3 is 1. The molecule has 0 spiro atoms. The van der Waals surface area contributed by atoms with Gasteiger partial charge in [0.25, 0.3) is 0 Å². The van der Waals surface area contributed by atoms with Gasteiger partial charge >= 0.3 is 5.97 Å². The van der Waals surface area contributed by atoms with E-state index in [1.165, 1.54) is 7.11 Å². The number of nitrogens with one attached hydrogen (secondary N) is 2. The van der Waals surface area contributed by atoms with Crippen molar-refractivity contribution in [3.63, 3.8) is 0 Å². The number of hydrogen-bond donors (Lipinski definition) is 2. The zero-order chi connectivity index (χ0) is 20.5. The van der Waals surface area contributed by atoms with Crippen molar-refractivity contribution >= 4 is 29.2 Å². The van der Waals surface area contributed by atoms with Gasteiger partial charge in [0.2, 0.25) is 11.8 Å². The summed E-state index contributed by atoms with van der Waals surface area (Å²) in [5, 5.41) is 5.83. The van der Waals surface area contributed by atoms with Gasteiger partial charge < -0.3 is 20.3 Å². The van der Waals surface area contributed by atoms with Gasteiger partial charge in [-0.2, -0.15) is 0 Å². The fraction of sp³-hybridized carbons (Fsp3) is 0.286. The van der Waals surface area contributed by atoms with Crippen LogP contribution in [-0.4, -0.2) is 50.4 Å². The molecule has 0 bridgehead atoms. The van der Waals surface area contributed by atoms with Gasteiger partial charge in [-0.3, -0.25) is 9.59 Å². The molecule has 0 radical (unpaired) electrons. The maximum Gasteiger partial charge on any atom is 0.337 e. The summed E-state index contributed by atoms with van der Waals surface area (Å²) in [7, 11) is 4.79. The van der Waals surface area contributed by atoms with Crippen LogP contribution in [0.4, 0.5) is 11.4 Å². The Morgan fingerprint density at radius 1 is 1.00 bits per heavy atom. The molecule has 2 rings (SSSR count). The Bertz CT molecular complexity index is 832. The SMILES string of the molecule is COC(=O)c1ccc(NCC(=O)Nc2cccc(CCC(=O)N(C)C)c2)cc1. The van der Waals surface area contributed by atoms with E-state index < -0.39 is 5.97 Å². The maximum absolute atomic E-state index is 12.2. The lowest BCUT2D eigenvalue weighted by atomic mass is 10.1. The molecule has 2 aromatic carbocycles. The number of rotatable bonds is 8. The molecule has 7 nitrogen and oxygen atoms in total. The molecule has 0 atom stereocenters. The lowest BCUT2D eigenvalue weighted by Gasteiger charge is -2.11. The van der Waals surface area contributed by atoms with Gasteiger partial charge in [0.05, 0.1) is 19.2 Å². The molecule has 7 heteroatoms. The normalized spacial score (nSPS) is 10.1. The Balaban J connectivity index is 1.85. The van der Waals surface area contributed by atoms with Crippen LogP contribution >= 0.6 is 0 Å². The first kappa shape index (κ1) is 21.0. The summed E-state index contributed by atoms with van der Waals surface area (Å²) < 4.78 is 4.65. The van der Waals surface area contributed by atoms with Crippen molar-refractivity contribution < 1.29 is 19.1 Å². The average molecular weight is 383 g/mol. The van der Waals surface area contributed by atoms with E-state index in [-0.39, 0.29) is 18.4 Å². The minimum atomic E-state index is -0.406. The molecule has 0 aliphatic heterocycles. The predicted octanol–water partition coefficient (Wildman–Crippen LogP) is 2.54. The second kappa shape index (κ2) is 10.1. The standard InChI is InChI=1S/C21H25N3O4/c1-24(2)20(26)12-7-15-5-4-6-18(13-15)23-19(25)14-22-17-10-8-16(9-11-17)21(27)28-3/h4-6,8-11,13,22H,7,12,14H2,1-3H3,(H,23,25). The second-order valence-corrected chi connectivity index (χ2v) is 6.46. The van der Waals surface area contributed by atoms with Crippen molar-refractivity contribution in [3.05, 3.63) is 59.7 Å². The number of benzene rings is 2. The summed E-state index contributed by atoms with van der Waals surface area (Å²) in [5.74, 6) is -0.535. The Morgan fingerprint density at radius 3 is 2.36 bits per heavy atom. The second-order valence-electron chi connectivity index (χ2n) is 6.46. The summed E-state index contributed by atoms with van der Waals surface area (Å²) in [4.78, 5) is 36.8. The third-order valence-electron chi connectivity index (χ3n) is 4.10. The number of nitrogens with zero attached hydrogens (tertiary/aromatic N) is 1. The number of aryl methyl sites for hydroxylation is 1. The Morgan fingerprint density at radius 2 is 1.71 bits per heavy atom. The van der Waals surface area contributed by atoms with Gasteiger partial charge in [-0.15, -0.1) is 0 Å². The van der Waals surface area contributed by atoms with Crippen LogP contribution in [0.15, 0.2) is 48.5 Å². The quantitative estimate of drug-likeness (QED) is 0.684. The molecular weight excluding hydrogens is 358 g/mol. The zero-order valence-electron chi connectivity index (χ0n) is 16.3. The highest BCUT2D eigenvalue weighted by molar-refractivity contribution is 5.94. The van der Waals surface area contributed by atoms with Crippen LogP contribution in [0.5, 0.6) is 0 Å². The number of carbonyl (C=O) groups is 3. The highest BCUT2D eigenvalue weighted by Gasteiger charge is 2.07. The van der Waals surface area contributed by atoms with E-state index in [4.69, 9.17) is 0 Å². The minimum Gasteiger partial charge on any atom is -0.465 e. The monoisotopic (exact) mass is 383 g/mol. The van der Waals surface area contributed by atoms with Crippen LogP contribution in [-0.2, 0) is 20.7 Å². The number of esters is 1. The smallest absolute Gasteiger partial charge is 0.337 e. The van der Waals surface area contributed by atoms with Crippen LogP contribution < -0.4 is 10.6 Å². The first-order valence-corrected chi connectivity index (χ1v) is 8.90. The van der Waals surface area contributed by atoms with E-state index in [1.54, 1.807) is 49.3 Å². The topological polar surface area (TPSA) is 87.7 Å². The zero-order valence-corrected chi connectivity index (χ0v) is 16.3. The Labute approximate surface area is 164 Å². The van der Waals surface area contributed by atoms with Gasteiger partial charge in [-0.25, -0.2) is 4.79 Å². The maximum atomic E-state index is 12.2. The van der Waals surface area contributed by atoms with Crippen molar-refractivity contribution in [2.75, 3.05) is 38.4 Å². The molecule has 0 saturated carbocycles. The number of hydrogen-bond acceptors (Lipinski definition) is 5. The van der Waals surface area contributed by atoms with Gasteiger partial charge in [0.15, 0.2) is 0 Å². The number of ether oxygens (including phenoxy) is 1. The van der Waals surface area contributed by atoms with Crippen LogP contribution in [0.1, 0.15) is 22.3 Å². The first-order valence-electron chi connectivity index (χ1n) is 8.90. The molecule has 0 fully saturated rings. The van der Waals surface area contributed by atoms with Crippen LogP contribution in [0.3, 0.4) is 0 Å². The Kier molecular flexibility index (Phi) is 7.56. The van der Waals surface area contributed by atoms with Crippen LogP contribution in [0, 0.1) is 0 Å². The highest BCUT2D eigenvalue weighted by atomic mass is 16.5. The van der Waals surface area contributed by atoms with E-state index in [0.29, 0.717) is 24.1 Å². The molecule has 0 heterocycles. The predicted molar refractivity (Wildman–Crippen MR) is 108 cm³/mol. The van der Waals surface area contributed by atoms with Crippen molar-refractivity contribution in [1.82, 2.24) is 4.90 Å². The molecule has 0 unspecified atom stereocenters. The van der Waals surface area contributed by atoms with E-state index in [1.807, 2.05) is 18.2 Å². The molecule has 28 heavy (non-hydrogen) atoms. The molecule has 0 aliphatic rings. The summed E-state index contributed by atoms with van der Waals surface area (Å²) in [5.41, 5.74) is 2.84. The van der Waals surface area contributed by atoms with E-state index in [0.717, 1.165) is 11.3 Å². The van der Waals surface area contributed by atoms with E-state index >= 15 is 0 Å². The number of carbonyl (C=O) groups excluding carboxylic acids is 3. The molecule has 2 amide bonds. The van der Waals surface area contributed by atoms with Crippen LogP contribution in [0.2, 0.25) is 0 Å². The van der Waals surface area contributed by atoms with Gasteiger partial charge in [-0.05, 0) is 48.4 Å². The fourth-order valence-corrected chi connectivity index (χ4v) is 2.51. The Hall–Kier alpha value is -3.35. The average Bonchev–Trinajstić information content (AvgIpc) is 2.70. The molecule has 0 aliphatic carbocycles. The van der Waals surface area contributed by atoms with Crippen molar-refractivity contribution in [2.45, 2.75) is 12.8 Å². The lowest BCUT2D eigenvalue weighted by Crippen LogP contribution is -2.22. The molecule has 2 aromatic rings. The van der Waals surface area contributed by atoms with Crippen molar-refractivity contribution in [2.24, 2.45) is 0 Å². The molecule has 0 saturated heterocycles. The largest absolute Gasteiger partial charge is 0.465 e. The molecule has 148 valence electrons. The van der Waals surface area contributed by atoms with E-state index in [9.17, 15) is 14.4 Å². The fourth-order valence-electron chi connectivity index (χ4n) is 2.51. The molecular formula is C21H25N3O4. The van der Waals surface area contributed by atoms with Gasteiger partial charge in [0, 0.05) is 31.9 Å². The summed E-state index contributed by atoms with van der Waals surface area (Å²) in [6, 6.07) is 14.1. The van der Waals surface area contributed by atoms with Crippen molar-refractivity contribution in [3.8, 4) is 0 Å². The number of amides is 2. The lowest BCUT2D eigenvalue weighted by molar-refractivity contribution is -0.128.